The van der Waals surface area contributed by atoms with Gasteiger partial charge in [-0.3, -0.25) is 14.6 Å². The molecule has 86 valence electrons. The van der Waals surface area contributed by atoms with Gasteiger partial charge in [-0.05, 0) is 6.92 Å². The van der Waals surface area contributed by atoms with Gasteiger partial charge >= 0.3 is 0 Å². The summed E-state index contributed by atoms with van der Waals surface area (Å²) in [7, 11) is 0. The second kappa shape index (κ2) is 4.75. The fourth-order valence-electron chi connectivity index (χ4n) is 1.98. The maximum atomic E-state index is 11.9. The van der Waals surface area contributed by atoms with Crippen LogP contribution in [-0.2, 0) is 9.59 Å². The molecule has 0 aliphatic carbocycles. The van der Waals surface area contributed by atoms with Crippen molar-refractivity contribution in [1.29, 1.82) is 0 Å². The van der Waals surface area contributed by atoms with E-state index in [1.54, 1.807) is 5.01 Å². The number of ketones is 1. The summed E-state index contributed by atoms with van der Waals surface area (Å²) in [6.07, 6.45) is 0. The van der Waals surface area contributed by atoms with E-state index < -0.39 is 5.92 Å². The lowest BCUT2D eigenvalue weighted by molar-refractivity contribution is -0.142. The Hall–Kier alpha value is -0.900. The van der Waals surface area contributed by atoms with Gasteiger partial charge in [0.05, 0.1) is 0 Å². The Labute approximate surface area is 91.2 Å². The Balaban J connectivity index is 2.79. The summed E-state index contributed by atoms with van der Waals surface area (Å²) < 4.78 is 0. The van der Waals surface area contributed by atoms with Crippen molar-refractivity contribution in [3.05, 3.63) is 0 Å². The molecule has 1 aliphatic heterocycles. The summed E-state index contributed by atoms with van der Waals surface area (Å²) in [5.74, 6) is -0.466. The number of carbonyl (C=O) groups is 2. The second-order valence-electron chi connectivity index (χ2n) is 4.17. The average Bonchev–Trinajstić information content (AvgIpc) is 2.53. The molecule has 0 spiro atoms. The number of Topliss-reactive ketones (excluding diaryl/α,β-unsaturated/α-hetero) is 1. The first-order valence-electron chi connectivity index (χ1n) is 5.62. The van der Waals surface area contributed by atoms with E-state index in [0.29, 0.717) is 13.1 Å². The monoisotopic (exact) mass is 212 g/mol. The fourth-order valence-corrected chi connectivity index (χ4v) is 1.98. The van der Waals surface area contributed by atoms with Crippen LogP contribution in [0.15, 0.2) is 0 Å². The summed E-state index contributed by atoms with van der Waals surface area (Å²) in [4.78, 5) is 23.7. The molecule has 1 amide bonds. The first-order valence-corrected chi connectivity index (χ1v) is 5.62. The Morgan fingerprint density at radius 2 is 2.00 bits per heavy atom. The number of amides is 1. The lowest BCUT2D eigenvalue weighted by atomic mass is 9.95. The molecule has 0 aromatic rings. The molecule has 0 saturated carbocycles. The van der Waals surface area contributed by atoms with Crippen LogP contribution in [0.2, 0.25) is 0 Å². The van der Waals surface area contributed by atoms with Crippen LogP contribution in [0, 0.1) is 11.8 Å². The number of rotatable bonds is 4. The molecule has 1 unspecified atom stereocenters. The van der Waals surface area contributed by atoms with E-state index in [4.69, 9.17) is 0 Å². The quantitative estimate of drug-likeness (QED) is 0.651. The van der Waals surface area contributed by atoms with Gasteiger partial charge < -0.3 is 0 Å². The predicted molar refractivity (Wildman–Crippen MR) is 58.0 cm³/mol. The third kappa shape index (κ3) is 2.20. The van der Waals surface area contributed by atoms with E-state index in [1.165, 1.54) is 0 Å². The molecular formula is C11H20N2O2. The third-order valence-electron chi connectivity index (χ3n) is 2.86. The van der Waals surface area contributed by atoms with Crippen molar-refractivity contribution in [1.82, 2.24) is 10.0 Å². The van der Waals surface area contributed by atoms with Crippen LogP contribution < -0.4 is 0 Å². The van der Waals surface area contributed by atoms with Gasteiger partial charge in [0.25, 0.3) is 0 Å². The van der Waals surface area contributed by atoms with Gasteiger partial charge in [0.2, 0.25) is 5.91 Å². The van der Waals surface area contributed by atoms with Gasteiger partial charge in [0.15, 0.2) is 0 Å². The molecular weight excluding hydrogens is 192 g/mol. The van der Waals surface area contributed by atoms with Crippen molar-refractivity contribution in [2.24, 2.45) is 11.8 Å². The minimum absolute atomic E-state index is 0.0296. The first-order chi connectivity index (χ1) is 7.02. The highest BCUT2D eigenvalue weighted by molar-refractivity contribution is 6.03. The van der Waals surface area contributed by atoms with Crippen molar-refractivity contribution in [3.63, 3.8) is 0 Å². The summed E-state index contributed by atoms with van der Waals surface area (Å²) in [6.45, 7) is 9.61. The highest BCUT2D eigenvalue weighted by atomic mass is 16.2. The molecule has 1 rings (SSSR count). The van der Waals surface area contributed by atoms with E-state index in [9.17, 15) is 9.59 Å². The smallest absolute Gasteiger partial charge is 0.248 e. The zero-order valence-corrected chi connectivity index (χ0v) is 9.99. The molecule has 1 fully saturated rings. The van der Waals surface area contributed by atoms with Crippen LogP contribution in [0.3, 0.4) is 0 Å². The van der Waals surface area contributed by atoms with Gasteiger partial charge in [0, 0.05) is 25.6 Å². The largest absolute Gasteiger partial charge is 0.298 e. The zero-order valence-electron chi connectivity index (χ0n) is 9.99. The number of nitrogens with zero attached hydrogens (tertiary/aromatic N) is 2. The topological polar surface area (TPSA) is 40.6 Å². The Morgan fingerprint density at radius 1 is 1.40 bits per heavy atom. The molecule has 0 aromatic heterocycles. The Kier molecular flexibility index (Phi) is 3.85. The van der Waals surface area contributed by atoms with Crippen LogP contribution in [0.5, 0.6) is 0 Å². The summed E-state index contributed by atoms with van der Waals surface area (Å²) in [5.41, 5.74) is 0. The number of carbonyl (C=O) groups excluding carboxylic acids is 2. The number of hydrazine groups is 1. The van der Waals surface area contributed by atoms with Crippen molar-refractivity contribution in [2.75, 3.05) is 19.6 Å². The van der Waals surface area contributed by atoms with Crippen molar-refractivity contribution < 1.29 is 9.59 Å². The Morgan fingerprint density at radius 3 is 2.33 bits per heavy atom. The second-order valence-corrected chi connectivity index (χ2v) is 4.17. The van der Waals surface area contributed by atoms with E-state index in [0.717, 1.165) is 6.54 Å². The Bertz CT molecular complexity index is 263. The van der Waals surface area contributed by atoms with E-state index in [-0.39, 0.29) is 17.6 Å². The molecule has 15 heavy (non-hydrogen) atoms. The predicted octanol–water partition coefficient (Wildman–Crippen LogP) is 0.927. The molecule has 0 N–H and O–H groups in total. The van der Waals surface area contributed by atoms with Gasteiger partial charge in [-0.25, -0.2) is 5.01 Å². The zero-order chi connectivity index (χ0) is 11.6. The normalized spacial score (nSPS) is 22.9. The van der Waals surface area contributed by atoms with Crippen molar-refractivity contribution in [2.45, 2.75) is 27.7 Å². The molecule has 0 aromatic carbocycles. The number of hydrogen-bond acceptors (Lipinski definition) is 3. The maximum absolute atomic E-state index is 11.9. The fraction of sp³-hybridized carbons (Fsp3) is 0.818. The van der Waals surface area contributed by atoms with Gasteiger partial charge in [-0.2, -0.15) is 0 Å². The number of hydrogen-bond donors (Lipinski definition) is 0. The lowest BCUT2D eigenvalue weighted by Crippen LogP contribution is -2.38. The van der Waals surface area contributed by atoms with Gasteiger partial charge in [-0.1, -0.05) is 20.8 Å². The standard InChI is InChI=1S/C11H20N2O2/c1-5-12-7-9(10(14)8(3)4)11(15)13(12)6-2/h8-9H,5-7H2,1-4H3. The maximum Gasteiger partial charge on any atom is 0.248 e. The van der Waals surface area contributed by atoms with Crippen LogP contribution in [0.4, 0.5) is 0 Å². The van der Waals surface area contributed by atoms with Crippen LogP contribution in [-0.4, -0.2) is 41.3 Å². The van der Waals surface area contributed by atoms with E-state index in [2.05, 4.69) is 0 Å². The van der Waals surface area contributed by atoms with Crippen molar-refractivity contribution >= 4 is 11.7 Å². The van der Waals surface area contributed by atoms with Crippen LogP contribution in [0.1, 0.15) is 27.7 Å². The van der Waals surface area contributed by atoms with E-state index >= 15 is 0 Å². The van der Waals surface area contributed by atoms with Crippen LogP contribution in [0.25, 0.3) is 0 Å². The molecule has 1 saturated heterocycles. The molecule has 1 atom stereocenters. The molecule has 4 heteroatoms. The average molecular weight is 212 g/mol. The lowest BCUT2D eigenvalue weighted by Gasteiger charge is -2.24. The summed E-state index contributed by atoms with van der Waals surface area (Å²) >= 11 is 0. The molecule has 1 aliphatic rings. The highest BCUT2D eigenvalue weighted by Crippen LogP contribution is 2.21. The van der Waals surface area contributed by atoms with Crippen LogP contribution >= 0.6 is 0 Å². The molecule has 0 radical (unpaired) electrons. The van der Waals surface area contributed by atoms with Gasteiger partial charge in [-0.15, -0.1) is 0 Å². The highest BCUT2D eigenvalue weighted by Gasteiger charge is 2.41. The van der Waals surface area contributed by atoms with Crippen molar-refractivity contribution in [3.8, 4) is 0 Å². The molecule has 4 nitrogen and oxygen atoms in total. The minimum atomic E-state index is -0.440. The minimum Gasteiger partial charge on any atom is -0.298 e. The summed E-state index contributed by atoms with van der Waals surface area (Å²) in [6, 6.07) is 0. The molecule has 0 bridgehead atoms. The molecule has 1 heterocycles. The summed E-state index contributed by atoms with van der Waals surface area (Å²) in [5, 5.41) is 3.64. The third-order valence-corrected chi connectivity index (χ3v) is 2.86. The van der Waals surface area contributed by atoms with E-state index in [1.807, 2.05) is 32.7 Å². The first kappa shape index (κ1) is 12.2. The SMILES string of the molecule is CCN1CC(C(=O)C(C)C)C(=O)N1CC. The van der Waals surface area contributed by atoms with Gasteiger partial charge in [0.1, 0.15) is 11.7 Å².